The predicted octanol–water partition coefficient (Wildman–Crippen LogP) is 0.354. The number of alkyl halides is 2. The molecule has 0 radical (unpaired) electrons. The Labute approximate surface area is 205 Å². The SMILES string of the molecule is Cc1c[c-]c(C(=O)N2CCC(F)(F)/C(=C\C(N)=O)c3ccccc32)cc1.[Rb+]. The van der Waals surface area contributed by atoms with E-state index in [2.05, 4.69) is 6.07 Å². The number of halogens is 2. The van der Waals surface area contributed by atoms with Crippen LogP contribution < -0.4 is 68.8 Å². The van der Waals surface area contributed by atoms with E-state index >= 15 is 0 Å². The first-order chi connectivity index (χ1) is 12.3. The van der Waals surface area contributed by atoms with Gasteiger partial charge in [0, 0.05) is 35.9 Å². The van der Waals surface area contributed by atoms with Gasteiger partial charge in [-0.2, -0.15) is 0 Å². The van der Waals surface area contributed by atoms with Crippen LogP contribution in [0, 0.1) is 13.0 Å². The summed E-state index contributed by atoms with van der Waals surface area (Å²) < 4.78 is 29.3. The summed E-state index contributed by atoms with van der Waals surface area (Å²) in [6, 6.07) is 14.2. The van der Waals surface area contributed by atoms with Gasteiger partial charge in [-0.05, 0) is 6.07 Å². The number of para-hydroxylation sites is 1. The van der Waals surface area contributed by atoms with E-state index in [-0.39, 0.29) is 75.9 Å². The summed E-state index contributed by atoms with van der Waals surface area (Å²) in [5.74, 6) is -4.66. The zero-order chi connectivity index (χ0) is 18.9. The number of carbonyl (C=O) groups excluding carboxylic acids is 2. The number of hydrogen-bond donors (Lipinski definition) is 1. The molecule has 0 aromatic heterocycles. The summed E-state index contributed by atoms with van der Waals surface area (Å²) in [5, 5.41) is 0. The summed E-state index contributed by atoms with van der Waals surface area (Å²) in [5.41, 5.74) is 6.31. The van der Waals surface area contributed by atoms with Crippen molar-refractivity contribution in [3.8, 4) is 0 Å². The van der Waals surface area contributed by atoms with Crippen molar-refractivity contribution in [2.45, 2.75) is 19.3 Å². The molecule has 0 atom stereocenters. The largest absolute Gasteiger partial charge is 1.00 e. The first-order valence-corrected chi connectivity index (χ1v) is 8.08. The number of primary amides is 1. The summed E-state index contributed by atoms with van der Waals surface area (Å²) in [4.78, 5) is 25.5. The van der Waals surface area contributed by atoms with E-state index in [9.17, 15) is 18.4 Å². The van der Waals surface area contributed by atoms with Crippen LogP contribution in [-0.4, -0.2) is 24.3 Å². The van der Waals surface area contributed by atoms with Crippen LogP contribution in [0.25, 0.3) is 5.57 Å². The second-order valence-corrected chi connectivity index (χ2v) is 6.17. The maximum Gasteiger partial charge on any atom is 1.00 e. The first-order valence-electron chi connectivity index (χ1n) is 8.08. The Morgan fingerprint density at radius 2 is 1.93 bits per heavy atom. The molecule has 7 heteroatoms. The molecular formula is C20H17F2N2O2Rb. The number of nitrogens with two attached hydrogens (primary N) is 1. The molecule has 134 valence electrons. The van der Waals surface area contributed by atoms with Gasteiger partial charge in [0.25, 0.3) is 5.92 Å². The standard InChI is InChI=1S/C20H17F2N2O2.Rb/c1-13-6-8-14(9-7-13)19(26)24-11-10-20(21,22)16(12-18(23)25)15-4-2-3-5-17(15)24;/h2-8,12H,10-11H2,1H3,(H2,23,25);/q-1;+1/b16-12-;. The minimum atomic E-state index is -3.28. The fourth-order valence-corrected chi connectivity index (χ4v) is 2.96. The molecule has 0 aliphatic carbocycles. The molecule has 1 aliphatic rings. The van der Waals surface area contributed by atoms with Gasteiger partial charge in [0.15, 0.2) is 5.91 Å². The van der Waals surface area contributed by atoms with Crippen LogP contribution in [-0.2, 0) is 4.79 Å². The number of fused-ring (bicyclic) bond motifs is 1. The first kappa shape index (κ1) is 22.1. The Bertz CT molecular complexity index is 895. The van der Waals surface area contributed by atoms with E-state index in [1.54, 1.807) is 36.4 Å². The molecule has 2 amide bonds. The van der Waals surface area contributed by atoms with Gasteiger partial charge >= 0.3 is 58.2 Å². The van der Waals surface area contributed by atoms with E-state index in [0.717, 1.165) is 11.6 Å². The van der Waals surface area contributed by atoms with Gasteiger partial charge in [-0.3, -0.25) is 4.79 Å². The zero-order valence-corrected chi connectivity index (χ0v) is 20.0. The molecule has 1 aliphatic heterocycles. The normalized spacial score (nSPS) is 16.9. The monoisotopic (exact) mass is 440 g/mol. The Hall–Kier alpha value is -1.21. The molecule has 3 rings (SSSR count). The molecule has 0 bridgehead atoms. The van der Waals surface area contributed by atoms with Gasteiger partial charge in [-0.15, -0.1) is 29.8 Å². The summed E-state index contributed by atoms with van der Waals surface area (Å²) in [7, 11) is 0. The van der Waals surface area contributed by atoms with Crippen molar-refractivity contribution in [3.05, 3.63) is 71.3 Å². The quantitative estimate of drug-likeness (QED) is 0.541. The molecule has 4 nitrogen and oxygen atoms in total. The Kier molecular flexibility index (Phi) is 7.24. The molecule has 0 spiro atoms. The number of amides is 2. The molecular weight excluding hydrogens is 424 g/mol. The second-order valence-electron chi connectivity index (χ2n) is 6.17. The van der Waals surface area contributed by atoms with Crippen molar-refractivity contribution in [1.29, 1.82) is 0 Å². The molecule has 0 saturated heterocycles. The Morgan fingerprint density at radius 3 is 2.56 bits per heavy atom. The average Bonchev–Trinajstić information content (AvgIpc) is 2.70. The van der Waals surface area contributed by atoms with Crippen LogP contribution in [0.5, 0.6) is 0 Å². The van der Waals surface area contributed by atoms with Crippen LogP contribution in [0.3, 0.4) is 0 Å². The van der Waals surface area contributed by atoms with Gasteiger partial charge in [-0.25, -0.2) is 8.78 Å². The van der Waals surface area contributed by atoms with E-state index < -0.39 is 29.7 Å². The minimum absolute atomic E-state index is 0. The molecule has 1 heterocycles. The van der Waals surface area contributed by atoms with Crippen LogP contribution in [0.1, 0.15) is 27.9 Å². The third kappa shape index (κ3) is 4.80. The Balaban J connectivity index is 0.00000261. The van der Waals surface area contributed by atoms with Crippen molar-refractivity contribution >= 4 is 23.1 Å². The van der Waals surface area contributed by atoms with Crippen molar-refractivity contribution < 1.29 is 76.6 Å². The Morgan fingerprint density at radius 1 is 1.22 bits per heavy atom. The van der Waals surface area contributed by atoms with Crippen LogP contribution in [0.15, 0.2) is 48.5 Å². The third-order valence-electron chi connectivity index (χ3n) is 4.26. The van der Waals surface area contributed by atoms with Crippen LogP contribution >= 0.6 is 0 Å². The predicted molar refractivity (Wildman–Crippen MR) is 94.9 cm³/mol. The van der Waals surface area contributed by atoms with E-state index in [1.165, 1.54) is 11.0 Å². The number of benzene rings is 2. The van der Waals surface area contributed by atoms with Crippen molar-refractivity contribution in [1.82, 2.24) is 0 Å². The van der Waals surface area contributed by atoms with Gasteiger partial charge in [0.05, 0.1) is 0 Å². The second kappa shape index (κ2) is 8.86. The van der Waals surface area contributed by atoms with E-state index in [0.29, 0.717) is 5.69 Å². The number of nitrogens with zero attached hydrogens (tertiary/aromatic N) is 1. The molecule has 2 aromatic carbocycles. The van der Waals surface area contributed by atoms with Crippen LogP contribution in [0.2, 0.25) is 0 Å². The maximum absolute atomic E-state index is 14.6. The van der Waals surface area contributed by atoms with Gasteiger partial charge in [0.2, 0.25) is 5.91 Å². The van der Waals surface area contributed by atoms with Crippen LogP contribution in [0.4, 0.5) is 14.5 Å². The number of allylic oxidation sites excluding steroid dienone is 1. The molecule has 2 aromatic rings. The number of rotatable bonds is 2. The fraction of sp³-hybridized carbons (Fsp3) is 0.200. The summed E-state index contributed by atoms with van der Waals surface area (Å²) in [6.45, 7) is 1.67. The topological polar surface area (TPSA) is 63.4 Å². The summed E-state index contributed by atoms with van der Waals surface area (Å²) >= 11 is 0. The maximum atomic E-state index is 14.6. The van der Waals surface area contributed by atoms with E-state index in [1.807, 2.05) is 6.92 Å². The molecule has 2 N–H and O–H groups in total. The zero-order valence-electron chi connectivity index (χ0n) is 15.1. The number of carbonyl (C=O) groups is 2. The van der Waals surface area contributed by atoms with Crippen molar-refractivity contribution in [2.75, 3.05) is 11.4 Å². The smallest absolute Gasteiger partial charge is 0.366 e. The number of anilines is 1. The summed E-state index contributed by atoms with van der Waals surface area (Å²) in [6.07, 6.45) is 0.128. The average molecular weight is 441 g/mol. The third-order valence-corrected chi connectivity index (χ3v) is 4.26. The number of hydrogen-bond acceptors (Lipinski definition) is 2. The fourth-order valence-electron chi connectivity index (χ4n) is 2.96. The van der Waals surface area contributed by atoms with Crippen molar-refractivity contribution in [2.24, 2.45) is 5.73 Å². The molecule has 0 fully saturated rings. The molecule has 27 heavy (non-hydrogen) atoms. The van der Waals surface area contributed by atoms with Gasteiger partial charge in [0.1, 0.15) is 0 Å². The van der Waals surface area contributed by atoms with E-state index in [4.69, 9.17) is 5.73 Å². The number of aryl methyl sites for hydroxylation is 1. The molecule has 0 saturated carbocycles. The van der Waals surface area contributed by atoms with Gasteiger partial charge in [-0.1, -0.05) is 30.7 Å². The minimum Gasteiger partial charge on any atom is -0.366 e. The molecule has 0 unspecified atom stereocenters. The van der Waals surface area contributed by atoms with Gasteiger partial charge < -0.3 is 15.4 Å². The van der Waals surface area contributed by atoms with Crippen molar-refractivity contribution in [3.63, 3.8) is 0 Å².